The highest BCUT2D eigenvalue weighted by atomic mass is 19.1. The maximum Gasteiger partial charge on any atom is 0.165 e. The SMILES string of the molecule is Cc1cc(F)c(OC2(C)CCNCC2)cc1F. The average molecular weight is 241 g/mol. The smallest absolute Gasteiger partial charge is 0.165 e. The minimum Gasteiger partial charge on any atom is -0.484 e. The number of piperidine rings is 1. The summed E-state index contributed by atoms with van der Waals surface area (Å²) >= 11 is 0. The highest BCUT2D eigenvalue weighted by molar-refractivity contribution is 5.30. The van der Waals surface area contributed by atoms with Crippen LogP contribution in [0, 0.1) is 18.6 Å². The maximum atomic E-state index is 13.6. The van der Waals surface area contributed by atoms with Gasteiger partial charge in [-0.3, -0.25) is 0 Å². The van der Waals surface area contributed by atoms with Gasteiger partial charge in [-0.05, 0) is 51.4 Å². The molecular weight excluding hydrogens is 224 g/mol. The molecule has 0 radical (unpaired) electrons. The van der Waals surface area contributed by atoms with Gasteiger partial charge in [0.1, 0.15) is 11.4 Å². The van der Waals surface area contributed by atoms with E-state index < -0.39 is 17.2 Å². The Bertz CT molecular complexity index is 414. The van der Waals surface area contributed by atoms with Crippen LogP contribution in [-0.4, -0.2) is 18.7 Å². The number of nitrogens with one attached hydrogen (secondary N) is 1. The first-order chi connectivity index (χ1) is 8.00. The zero-order valence-corrected chi connectivity index (χ0v) is 10.1. The van der Waals surface area contributed by atoms with Crippen molar-refractivity contribution in [3.05, 3.63) is 29.3 Å². The van der Waals surface area contributed by atoms with E-state index in [1.807, 2.05) is 6.92 Å². The van der Waals surface area contributed by atoms with Gasteiger partial charge in [-0.2, -0.15) is 0 Å². The minimum absolute atomic E-state index is 0.0116. The molecule has 0 spiro atoms. The van der Waals surface area contributed by atoms with E-state index in [0.717, 1.165) is 32.0 Å². The summed E-state index contributed by atoms with van der Waals surface area (Å²) in [6, 6.07) is 2.31. The minimum atomic E-state index is -0.497. The molecule has 0 saturated carbocycles. The fraction of sp³-hybridized carbons (Fsp3) is 0.538. The summed E-state index contributed by atoms with van der Waals surface area (Å²) in [5, 5.41) is 3.21. The maximum absolute atomic E-state index is 13.6. The van der Waals surface area contributed by atoms with E-state index in [4.69, 9.17) is 4.74 Å². The van der Waals surface area contributed by atoms with Crippen molar-refractivity contribution in [1.82, 2.24) is 5.32 Å². The van der Waals surface area contributed by atoms with Crippen LogP contribution in [0.15, 0.2) is 12.1 Å². The van der Waals surface area contributed by atoms with E-state index in [9.17, 15) is 8.78 Å². The van der Waals surface area contributed by atoms with E-state index in [-0.39, 0.29) is 5.75 Å². The van der Waals surface area contributed by atoms with Gasteiger partial charge in [0.15, 0.2) is 11.6 Å². The molecule has 0 bridgehead atoms. The van der Waals surface area contributed by atoms with Gasteiger partial charge in [0.2, 0.25) is 0 Å². The zero-order valence-electron chi connectivity index (χ0n) is 10.1. The highest BCUT2D eigenvalue weighted by Crippen LogP contribution is 2.29. The lowest BCUT2D eigenvalue weighted by Gasteiger charge is -2.34. The summed E-state index contributed by atoms with van der Waals surface area (Å²) in [6.07, 6.45) is 1.59. The Morgan fingerprint density at radius 1 is 1.18 bits per heavy atom. The van der Waals surface area contributed by atoms with Crippen LogP contribution in [-0.2, 0) is 0 Å². The number of hydrogen-bond acceptors (Lipinski definition) is 2. The topological polar surface area (TPSA) is 21.3 Å². The molecule has 0 aromatic heterocycles. The summed E-state index contributed by atoms with van der Waals surface area (Å²) in [5.74, 6) is -0.917. The van der Waals surface area contributed by atoms with Crippen LogP contribution in [0.25, 0.3) is 0 Å². The van der Waals surface area contributed by atoms with Crippen molar-refractivity contribution in [3.63, 3.8) is 0 Å². The summed E-state index contributed by atoms with van der Waals surface area (Å²) in [5.41, 5.74) is -0.112. The molecule has 1 saturated heterocycles. The van der Waals surface area contributed by atoms with Crippen LogP contribution in [0.5, 0.6) is 5.75 Å². The lowest BCUT2D eigenvalue weighted by atomic mass is 9.94. The number of aryl methyl sites for hydroxylation is 1. The molecule has 2 nitrogen and oxygen atoms in total. The Kier molecular flexibility index (Phi) is 3.33. The Hall–Kier alpha value is -1.16. The highest BCUT2D eigenvalue weighted by Gasteiger charge is 2.29. The quantitative estimate of drug-likeness (QED) is 0.859. The van der Waals surface area contributed by atoms with Gasteiger partial charge in [-0.15, -0.1) is 0 Å². The molecule has 1 aliphatic rings. The molecule has 0 atom stereocenters. The molecule has 2 rings (SSSR count). The van der Waals surface area contributed by atoms with Gasteiger partial charge in [0.25, 0.3) is 0 Å². The van der Waals surface area contributed by atoms with E-state index in [0.29, 0.717) is 5.56 Å². The van der Waals surface area contributed by atoms with Crippen LogP contribution in [0.3, 0.4) is 0 Å². The normalized spacial score (nSPS) is 19.1. The van der Waals surface area contributed by atoms with Crippen LogP contribution in [0.1, 0.15) is 25.3 Å². The third-order valence-corrected chi connectivity index (χ3v) is 3.23. The average Bonchev–Trinajstić information content (AvgIpc) is 2.26. The molecule has 0 amide bonds. The predicted octanol–water partition coefficient (Wildman–Crippen LogP) is 2.79. The summed E-state index contributed by atoms with van der Waals surface area (Å²) in [7, 11) is 0. The number of halogens is 2. The molecule has 4 heteroatoms. The molecule has 0 aliphatic carbocycles. The van der Waals surface area contributed by atoms with Gasteiger partial charge in [-0.25, -0.2) is 8.78 Å². The van der Waals surface area contributed by atoms with Gasteiger partial charge in [-0.1, -0.05) is 0 Å². The summed E-state index contributed by atoms with van der Waals surface area (Å²) < 4.78 is 32.7. The second-order valence-corrected chi connectivity index (χ2v) is 4.83. The lowest BCUT2D eigenvalue weighted by molar-refractivity contribution is 0.0511. The molecule has 0 unspecified atom stereocenters. The van der Waals surface area contributed by atoms with Crippen molar-refractivity contribution in [2.45, 2.75) is 32.3 Å². The van der Waals surface area contributed by atoms with E-state index in [2.05, 4.69) is 5.32 Å². The molecule has 1 fully saturated rings. The summed E-state index contributed by atoms with van der Waals surface area (Å²) in [6.45, 7) is 5.15. The van der Waals surface area contributed by atoms with Crippen molar-refractivity contribution < 1.29 is 13.5 Å². The van der Waals surface area contributed by atoms with Gasteiger partial charge < -0.3 is 10.1 Å². The van der Waals surface area contributed by atoms with Crippen LogP contribution in [0.2, 0.25) is 0 Å². The predicted molar refractivity (Wildman–Crippen MR) is 62.2 cm³/mol. The first-order valence-corrected chi connectivity index (χ1v) is 5.86. The molecule has 17 heavy (non-hydrogen) atoms. The van der Waals surface area contributed by atoms with Crippen LogP contribution < -0.4 is 10.1 Å². The van der Waals surface area contributed by atoms with Gasteiger partial charge >= 0.3 is 0 Å². The van der Waals surface area contributed by atoms with Crippen molar-refractivity contribution in [2.75, 3.05) is 13.1 Å². The number of ether oxygens (including phenoxy) is 1. The molecule has 1 aliphatic heterocycles. The first-order valence-electron chi connectivity index (χ1n) is 5.86. The Balaban J connectivity index is 2.20. The number of rotatable bonds is 2. The number of hydrogen-bond donors (Lipinski definition) is 1. The zero-order chi connectivity index (χ0) is 12.5. The van der Waals surface area contributed by atoms with Gasteiger partial charge in [0.05, 0.1) is 0 Å². The molecule has 1 heterocycles. The Labute approximate surface area is 100.0 Å². The van der Waals surface area contributed by atoms with Crippen molar-refractivity contribution in [3.8, 4) is 5.75 Å². The van der Waals surface area contributed by atoms with Crippen molar-refractivity contribution in [2.24, 2.45) is 0 Å². The number of benzene rings is 1. The standard InChI is InChI=1S/C13H17F2NO/c1-9-7-11(15)12(8-10(9)14)17-13(2)3-5-16-6-4-13/h7-8,16H,3-6H2,1-2H3. The lowest BCUT2D eigenvalue weighted by Crippen LogP contribution is -2.44. The largest absolute Gasteiger partial charge is 0.484 e. The third kappa shape index (κ3) is 2.75. The molecule has 94 valence electrons. The molecule has 1 aromatic carbocycles. The van der Waals surface area contributed by atoms with Crippen LogP contribution in [0.4, 0.5) is 8.78 Å². The Morgan fingerprint density at radius 3 is 2.47 bits per heavy atom. The fourth-order valence-corrected chi connectivity index (χ4v) is 2.03. The third-order valence-electron chi connectivity index (χ3n) is 3.23. The monoisotopic (exact) mass is 241 g/mol. The molecule has 1 aromatic rings. The second-order valence-electron chi connectivity index (χ2n) is 4.83. The van der Waals surface area contributed by atoms with Crippen molar-refractivity contribution >= 4 is 0 Å². The molecule has 1 N–H and O–H groups in total. The van der Waals surface area contributed by atoms with Crippen LogP contribution >= 0.6 is 0 Å². The fourth-order valence-electron chi connectivity index (χ4n) is 2.03. The van der Waals surface area contributed by atoms with E-state index in [1.54, 1.807) is 0 Å². The van der Waals surface area contributed by atoms with Crippen molar-refractivity contribution in [1.29, 1.82) is 0 Å². The molecular formula is C13H17F2NO. The first kappa shape index (κ1) is 12.3. The van der Waals surface area contributed by atoms with E-state index in [1.165, 1.54) is 13.0 Å². The second kappa shape index (κ2) is 4.61. The summed E-state index contributed by atoms with van der Waals surface area (Å²) in [4.78, 5) is 0. The van der Waals surface area contributed by atoms with Gasteiger partial charge in [0, 0.05) is 6.07 Å². The Morgan fingerprint density at radius 2 is 1.82 bits per heavy atom. The van der Waals surface area contributed by atoms with E-state index >= 15 is 0 Å².